The topological polar surface area (TPSA) is 171 Å². The van der Waals surface area contributed by atoms with Crippen molar-refractivity contribution in [3.63, 3.8) is 0 Å². The van der Waals surface area contributed by atoms with Gasteiger partial charge in [-0.15, -0.1) is 11.3 Å². The van der Waals surface area contributed by atoms with Crippen LogP contribution in [0.25, 0.3) is 5.69 Å². The summed E-state index contributed by atoms with van der Waals surface area (Å²) in [5.74, 6) is -2.55. The third kappa shape index (κ3) is 10.6. The highest BCUT2D eigenvalue weighted by atomic mass is 32.1. The highest BCUT2D eigenvalue weighted by Crippen LogP contribution is 2.23. The highest BCUT2D eigenvalue weighted by Gasteiger charge is 2.31. The van der Waals surface area contributed by atoms with Gasteiger partial charge in [0.25, 0.3) is 5.91 Å². The minimum Gasteiger partial charge on any atom is -0.345 e. The molecule has 0 fully saturated rings. The minimum absolute atomic E-state index is 0.00564. The first-order chi connectivity index (χ1) is 25.4. The summed E-state index contributed by atoms with van der Waals surface area (Å²) in [5, 5.41) is 17.8. The molecule has 2 bridgehead atoms. The number of rotatable bonds is 6. The molecule has 4 aromatic rings. The Balaban J connectivity index is 1.45. The number of hydrogen-bond donors (Lipinski definition) is 4. The summed E-state index contributed by atoms with van der Waals surface area (Å²) < 4.78 is 1.76. The summed E-state index contributed by atoms with van der Waals surface area (Å²) in [6.07, 6.45) is 3.99. The Kier molecular flexibility index (Phi) is 13.1. The first-order valence-corrected chi connectivity index (χ1v) is 18.5. The maximum Gasteiger partial charge on any atom is 0.271 e. The lowest BCUT2D eigenvalue weighted by molar-refractivity contribution is -0.136. The van der Waals surface area contributed by atoms with Gasteiger partial charge in [-0.25, -0.2) is 9.67 Å². The van der Waals surface area contributed by atoms with Crippen LogP contribution >= 0.6 is 11.3 Å². The molecule has 2 aromatic heterocycles. The molecule has 5 rings (SSSR count). The number of likely N-dealkylation sites (N-methyl/N-ethyl adjacent to an activating group) is 1. The molecule has 280 valence electrons. The number of thiazole rings is 1. The molecule has 53 heavy (non-hydrogen) atoms. The van der Waals surface area contributed by atoms with E-state index in [0.29, 0.717) is 24.5 Å². The third-order valence-corrected chi connectivity index (χ3v) is 9.93. The maximum atomic E-state index is 13.9. The average Bonchev–Trinajstić information content (AvgIpc) is 3.86. The number of hydrogen-bond acceptors (Lipinski definition) is 9. The Labute approximate surface area is 313 Å². The summed E-state index contributed by atoms with van der Waals surface area (Å²) in [4.78, 5) is 75.2. The lowest BCUT2D eigenvalue weighted by Gasteiger charge is -2.29. The molecule has 4 N–H and O–H groups in total. The van der Waals surface area contributed by atoms with Crippen LogP contribution < -0.4 is 21.3 Å². The van der Waals surface area contributed by atoms with Crippen molar-refractivity contribution < 1.29 is 24.0 Å². The fourth-order valence-corrected chi connectivity index (χ4v) is 6.83. The number of carbonyl (C=O) groups is 5. The van der Waals surface area contributed by atoms with E-state index in [-0.39, 0.29) is 36.5 Å². The molecule has 3 heterocycles. The lowest BCUT2D eigenvalue weighted by atomic mass is 10.0. The largest absolute Gasteiger partial charge is 0.345 e. The molecule has 1 aliphatic heterocycles. The molecule has 0 spiro atoms. The van der Waals surface area contributed by atoms with Crippen LogP contribution in [-0.4, -0.2) is 98.9 Å². The third-order valence-electron chi connectivity index (χ3n) is 8.97. The molecule has 0 saturated heterocycles. The van der Waals surface area contributed by atoms with E-state index in [1.165, 1.54) is 23.2 Å². The molecule has 0 saturated carbocycles. The van der Waals surface area contributed by atoms with Crippen LogP contribution in [0.1, 0.15) is 60.4 Å². The van der Waals surface area contributed by atoms with E-state index in [1.54, 1.807) is 44.1 Å². The van der Waals surface area contributed by atoms with E-state index in [4.69, 9.17) is 0 Å². The number of nitrogens with one attached hydrogen (secondary N) is 4. The van der Waals surface area contributed by atoms with Crippen LogP contribution in [0.4, 0.5) is 0 Å². The molecule has 5 amide bonds. The lowest BCUT2D eigenvalue weighted by Crippen LogP contribution is -2.57. The molecule has 0 radical (unpaired) electrons. The standard InChI is InChI=1S/C38H47N9O5S/c1-24(2)33-36(51)41-26(4)38(52)45(5)17-18-46(21-28-13-9-14-29(19-28)47-16-10-15-39-47)22-32(48)42-30(20-27-11-7-6-8-12-27)37-43-31(23-53-37)35(50)40-25(3)34(49)44-33/h6-16,19,23-26,30,33H,17-18,20-22H2,1-5H3,(H,40,50)(H,41,51)(H,42,48)(H,44,49)/t25-,26+,30-,33-/m0/s1. The van der Waals surface area contributed by atoms with Crippen LogP contribution in [-0.2, 0) is 32.1 Å². The summed E-state index contributed by atoms with van der Waals surface area (Å²) in [7, 11) is 1.65. The van der Waals surface area contributed by atoms with Gasteiger partial charge >= 0.3 is 0 Å². The molecule has 1 aliphatic rings. The number of nitrogens with zero attached hydrogens (tertiary/aromatic N) is 5. The molecular weight excluding hydrogens is 695 g/mol. The van der Waals surface area contributed by atoms with Crippen molar-refractivity contribution in [1.29, 1.82) is 0 Å². The first-order valence-electron chi connectivity index (χ1n) is 17.6. The summed E-state index contributed by atoms with van der Waals surface area (Å²) in [6.45, 7) is 7.69. The molecule has 2 aromatic carbocycles. The van der Waals surface area contributed by atoms with Gasteiger partial charge in [-0.1, -0.05) is 56.3 Å². The number of carbonyl (C=O) groups excluding carboxylic acids is 5. The summed E-state index contributed by atoms with van der Waals surface area (Å²) in [5.41, 5.74) is 2.89. The predicted molar refractivity (Wildman–Crippen MR) is 201 cm³/mol. The van der Waals surface area contributed by atoms with Gasteiger partial charge in [-0.2, -0.15) is 5.10 Å². The van der Waals surface area contributed by atoms with Gasteiger partial charge in [0.05, 0.1) is 18.3 Å². The maximum absolute atomic E-state index is 13.9. The quantitative estimate of drug-likeness (QED) is 0.234. The van der Waals surface area contributed by atoms with Crippen molar-refractivity contribution in [2.24, 2.45) is 5.92 Å². The Bertz CT molecular complexity index is 1880. The second-order valence-corrected chi connectivity index (χ2v) is 14.5. The molecule has 0 unspecified atom stereocenters. The van der Waals surface area contributed by atoms with Crippen LogP contribution in [0.2, 0.25) is 0 Å². The number of amides is 5. The molecule has 4 atom stereocenters. The SMILES string of the molecule is CC(C)[C@@H]1NC(=O)[C@H](C)NC(=O)c2csc(n2)[C@H](Cc2ccccc2)NC(=O)CN(Cc2cccc(-n3cccn3)c2)CCN(C)C(=O)[C@@H](C)NC1=O. The number of aromatic nitrogens is 3. The Morgan fingerprint density at radius 2 is 1.60 bits per heavy atom. The fourth-order valence-electron chi connectivity index (χ4n) is 5.98. The van der Waals surface area contributed by atoms with Crippen molar-refractivity contribution in [3.05, 3.63) is 100 Å². The summed E-state index contributed by atoms with van der Waals surface area (Å²) in [6, 6.07) is 16.0. The van der Waals surface area contributed by atoms with Gasteiger partial charge in [0.15, 0.2) is 0 Å². The molecular formula is C38H47N9O5S. The van der Waals surface area contributed by atoms with Gasteiger partial charge in [-0.05, 0) is 55.5 Å². The van der Waals surface area contributed by atoms with Crippen LogP contribution in [0.3, 0.4) is 0 Å². The Morgan fingerprint density at radius 3 is 2.32 bits per heavy atom. The second kappa shape index (κ2) is 17.9. The Morgan fingerprint density at radius 1 is 0.849 bits per heavy atom. The van der Waals surface area contributed by atoms with Crippen molar-refractivity contribution in [3.8, 4) is 5.69 Å². The Hall–Kier alpha value is -5.41. The van der Waals surface area contributed by atoms with E-state index < -0.39 is 41.9 Å². The second-order valence-electron chi connectivity index (χ2n) is 13.6. The van der Waals surface area contributed by atoms with Gasteiger partial charge in [0.1, 0.15) is 28.8 Å². The molecule has 14 nitrogen and oxygen atoms in total. The molecule has 15 heteroatoms. The summed E-state index contributed by atoms with van der Waals surface area (Å²) >= 11 is 1.24. The normalized spacial score (nSPS) is 21.7. The predicted octanol–water partition coefficient (Wildman–Crippen LogP) is 2.47. The van der Waals surface area contributed by atoms with Crippen molar-refractivity contribution >= 4 is 40.9 Å². The average molecular weight is 742 g/mol. The van der Waals surface area contributed by atoms with Gasteiger partial charge in [0.2, 0.25) is 23.6 Å². The van der Waals surface area contributed by atoms with Crippen molar-refractivity contribution in [2.75, 3.05) is 26.7 Å². The number of benzene rings is 2. The zero-order valence-corrected chi connectivity index (χ0v) is 31.4. The van der Waals surface area contributed by atoms with E-state index in [2.05, 4.69) is 31.3 Å². The van der Waals surface area contributed by atoms with E-state index in [9.17, 15) is 24.0 Å². The first kappa shape index (κ1) is 38.8. The van der Waals surface area contributed by atoms with Gasteiger partial charge in [0, 0.05) is 44.5 Å². The fraction of sp³-hybridized carbons (Fsp3) is 0.395. The van der Waals surface area contributed by atoms with E-state index >= 15 is 0 Å². The van der Waals surface area contributed by atoms with Crippen LogP contribution in [0.5, 0.6) is 0 Å². The monoisotopic (exact) mass is 741 g/mol. The van der Waals surface area contributed by atoms with Crippen molar-refractivity contribution in [1.82, 2.24) is 45.8 Å². The highest BCUT2D eigenvalue weighted by molar-refractivity contribution is 7.09. The van der Waals surface area contributed by atoms with Crippen molar-refractivity contribution in [2.45, 2.75) is 64.8 Å². The smallest absolute Gasteiger partial charge is 0.271 e. The number of fused-ring (bicyclic) bond motifs is 2. The van der Waals surface area contributed by atoms with Gasteiger partial charge < -0.3 is 26.2 Å². The van der Waals surface area contributed by atoms with Crippen LogP contribution in [0, 0.1) is 5.92 Å². The minimum atomic E-state index is -0.993. The van der Waals surface area contributed by atoms with E-state index in [1.807, 2.05) is 71.8 Å². The zero-order valence-electron chi connectivity index (χ0n) is 30.6. The zero-order chi connectivity index (χ0) is 38.1. The van der Waals surface area contributed by atoms with E-state index in [0.717, 1.165) is 16.8 Å². The van der Waals surface area contributed by atoms with Gasteiger partial charge in [-0.3, -0.25) is 28.9 Å². The molecule has 0 aliphatic carbocycles. The van der Waals surface area contributed by atoms with Crippen LogP contribution in [0.15, 0.2) is 78.4 Å².